The molecule has 54 heavy (non-hydrogen) atoms. The molecule has 1 saturated heterocycles. The summed E-state index contributed by atoms with van der Waals surface area (Å²) < 4.78 is 80.9. The summed E-state index contributed by atoms with van der Waals surface area (Å²) in [6.07, 6.45) is 0.862. The van der Waals surface area contributed by atoms with E-state index in [1.165, 1.54) is 58.0 Å². The average Bonchev–Trinajstić information content (AvgIpc) is 3.18. The average molecular weight is 763 g/mol. The Hall–Kier alpha value is -5.61. The van der Waals surface area contributed by atoms with E-state index in [1.807, 2.05) is 0 Å². The number of nitrogens with one attached hydrogen (secondary N) is 1. The van der Waals surface area contributed by atoms with Gasteiger partial charge in [-0.3, -0.25) is 4.79 Å². The molecule has 1 unspecified atom stereocenters. The second-order valence-electron chi connectivity index (χ2n) is 12.7. The Labute approximate surface area is 311 Å². The number of para-hydroxylation sites is 2. The Kier molecular flexibility index (Phi) is 11.1. The van der Waals surface area contributed by atoms with E-state index >= 15 is 0 Å². The molecule has 1 aliphatic heterocycles. The number of hydrogen-bond donors (Lipinski definition) is 1. The number of sulfonamides is 1. The van der Waals surface area contributed by atoms with Crippen LogP contribution in [0.2, 0.25) is 0 Å². The zero-order valence-electron chi connectivity index (χ0n) is 30.4. The summed E-state index contributed by atoms with van der Waals surface area (Å²) in [6, 6.07) is 19.8. The van der Waals surface area contributed by atoms with Crippen LogP contribution in [0.5, 0.6) is 23.0 Å². The molecule has 0 saturated carbocycles. The molecule has 1 N–H and O–H groups in total. The molecule has 5 aromatic rings. The number of methoxy groups -OCH3 is 4. The highest BCUT2D eigenvalue weighted by molar-refractivity contribution is 7.89. The molecular weight excluding hydrogens is 723 g/mol. The maximum atomic E-state index is 14.5. The van der Waals surface area contributed by atoms with Crippen LogP contribution in [0, 0.1) is 5.92 Å². The van der Waals surface area contributed by atoms with Gasteiger partial charge >= 0.3 is 0 Å². The van der Waals surface area contributed by atoms with E-state index in [9.17, 15) is 22.0 Å². The number of alkyl halides is 2. The number of anilines is 2. The highest BCUT2D eigenvalue weighted by atomic mass is 32.2. The van der Waals surface area contributed by atoms with E-state index in [1.54, 1.807) is 65.6 Å². The minimum absolute atomic E-state index is 0.0317. The van der Waals surface area contributed by atoms with Gasteiger partial charge in [-0.1, -0.05) is 31.2 Å². The third-order valence-electron chi connectivity index (χ3n) is 9.28. The maximum absolute atomic E-state index is 14.5. The van der Waals surface area contributed by atoms with Crippen LogP contribution in [-0.2, 0) is 23.1 Å². The van der Waals surface area contributed by atoms with Crippen molar-refractivity contribution >= 4 is 38.5 Å². The van der Waals surface area contributed by atoms with Gasteiger partial charge in [0, 0.05) is 79.7 Å². The second kappa shape index (κ2) is 15.8. The summed E-state index contributed by atoms with van der Waals surface area (Å²) in [5.74, 6) is -2.52. The zero-order valence-corrected chi connectivity index (χ0v) is 31.2. The van der Waals surface area contributed by atoms with Crippen LogP contribution < -0.4 is 29.2 Å². The standard InChI is InChI=1S/C38H40F2N6O7S/c1-24-21-45(17-15-38(24,39)40)36-35(43-30-8-6-7-9-31(30)44-36)37(47)42-27-14-16-41-34(18-27)54(48,49)46(22-25-10-12-28(50-2)19-32(25)52-4)23-26-11-13-29(51-3)20-33(26)53-5/h6-14,16,18-20,24H,15,17,21-23H2,1-5H3,(H,41,42,47). The topological polar surface area (TPSA) is 145 Å². The van der Waals surface area contributed by atoms with Crippen LogP contribution in [0.25, 0.3) is 11.0 Å². The summed E-state index contributed by atoms with van der Waals surface area (Å²) in [4.78, 5) is 29.0. The number of ether oxygens (including phenoxy) is 4. The monoisotopic (exact) mass is 762 g/mol. The quantitative estimate of drug-likeness (QED) is 0.147. The molecule has 0 aliphatic carbocycles. The highest BCUT2D eigenvalue weighted by Gasteiger charge is 2.42. The number of aromatic nitrogens is 3. The molecule has 284 valence electrons. The fraction of sp³-hybridized carbons (Fsp3) is 0.316. The number of fused-ring (bicyclic) bond motifs is 1. The molecule has 2 aromatic heterocycles. The first-order valence-corrected chi connectivity index (χ1v) is 18.4. The second-order valence-corrected chi connectivity index (χ2v) is 14.6. The SMILES string of the molecule is COc1ccc(CN(Cc2ccc(OC)cc2OC)S(=O)(=O)c2cc(NC(=O)c3nc4ccccc4nc3N3CCC(F)(F)C(C)C3)ccn2)c(OC)c1. The number of carbonyl (C=O) groups is 1. The van der Waals surface area contributed by atoms with Crippen LogP contribution in [0.15, 0.2) is 84.0 Å². The predicted molar refractivity (Wildman–Crippen MR) is 198 cm³/mol. The first-order valence-electron chi connectivity index (χ1n) is 17.0. The highest BCUT2D eigenvalue weighted by Crippen LogP contribution is 2.36. The molecule has 1 atom stereocenters. The number of carbonyl (C=O) groups excluding carboxylic acids is 1. The summed E-state index contributed by atoms with van der Waals surface area (Å²) in [7, 11) is 1.60. The molecule has 1 fully saturated rings. The predicted octanol–water partition coefficient (Wildman–Crippen LogP) is 6.18. The lowest BCUT2D eigenvalue weighted by Crippen LogP contribution is -2.46. The van der Waals surface area contributed by atoms with Gasteiger partial charge in [0.1, 0.15) is 23.0 Å². The van der Waals surface area contributed by atoms with Crippen molar-refractivity contribution in [3.05, 3.63) is 95.8 Å². The van der Waals surface area contributed by atoms with Gasteiger partial charge in [0.25, 0.3) is 21.9 Å². The van der Waals surface area contributed by atoms with Crippen LogP contribution in [0.4, 0.5) is 20.3 Å². The molecular formula is C38H40F2N6O7S. The molecule has 13 nitrogen and oxygen atoms in total. The molecule has 0 bridgehead atoms. The van der Waals surface area contributed by atoms with Gasteiger partial charge in [0.15, 0.2) is 16.5 Å². The lowest BCUT2D eigenvalue weighted by atomic mass is 9.95. The van der Waals surface area contributed by atoms with E-state index in [2.05, 4.69) is 20.3 Å². The number of hydrogen-bond acceptors (Lipinski definition) is 11. The first-order chi connectivity index (χ1) is 25.9. The number of nitrogens with zero attached hydrogens (tertiary/aromatic N) is 5. The van der Waals surface area contributed by atoms with E-state index < -0.39 is 34.2 Å². The molecule has 3 aromatic carbocycles. The van der Waals surface area contributed by atoms with E-state index in [0.717, 1.165) is 0 Å². The van der Waals surface area contributed by atoms with Crippen molar-refractivity contribution in [3.8, 4) is 23.0 Å². The Balaban J connectivity index is 1.35. The summed E-state index contributed by atoms with van der Waals surface area (Å²) in [5, 5.41) is 2.39. The minimum atomic E-state index is -4.38. The van der Waals surface area contributed by atoms with Crippen LogP contribution >= 0.6 is 0 Å². The molecule has 16 heteroatoms. The fourth-order valence-corrected chi connectivity index (χ4v) is 7.52. The smallest absolute Gasteiger partial charge is 0.278 e. The van der Waals surface area contributed by atoms with Gasteiger partial charge in [-0.2, -0.15) is 4.31 Å². The van der Waals surface area contributed by atoms with Crippen LogP contribution in [0.1, 0.15) is 35.0 Å². The Bertz CT molecular complexity index is 2220. The van der Waals surface area contributed by atoms with Gasteiger partial charge < -0.3 is 29.2 Å². The lowest BCUT2D eigenvalue weighted by Gasteiger charge is -2.37. The fourth-order valence-electron chi connectivity index (χ4n) is 6.16. The van der Waals surface area contributed by atoms with Gasteiger partial charge in [-0.15, -0.1) is 0 Å². The first kappa shape index (κ1) is 38.1. The van der Waals surface area contributed by atoms with Crippen molar-refractivity contribution < 1.29 is 40.9 Å². The van der Waals surface area contributed by atoms with Crippen LogP contribution in [0.3, 0.4) is 0 Å². The van der Waals surface area contributed by atoms with E-state index in [4.69, 9.17) is 18.9 Å². The van der Waals surface area contributed by atoms with Gasteiger partial charge in [-0.25, -0.2) is 32.2 Å². The molecule has 3 heterocycles. The lowest BCUT2D eigenvalue weighted by molar-refractivity contribution is -0.0652. The van der Waals surface area contributed by atoms with E-state index in [0.29, 0.717) is 45.2 Å². The number of pyridine rings is 1. The van der Waals surface area contributed by atoms with Crippen molar-refractivity contribution in [2.24, 2.45) is 5.92 Å². The van der Waals surface area contributed by atoms with Crippen molar-refractivity contribution in [1.29, 1.82) is 0 Å². The van der Waals surface area contributed by atoms with Crippen molar-refractivity contribution in [1.82, 2.24) is 19.3 Å². The Morgan fingerprint density at radius 1 is 0.870 bits per heavy atom. The number of halogens is 2. The van der Waals surface area contributed by atoms with Crippen molar-refractivity contribution in [3.63, 3.8) is 0 Å². The largest absolute Gasteiger partial charge is 0.497 e. The molecule has 6 rings (SSSR count). The summed E-state index contributed by atoms with van der Waals surface area (Å²) in [6.45, 7) is 1.12. The van der Waals surface area contributed by atoms with Crippen molar-refractivity contribution in [2.75, 3.05) is 51.7 Å². The Morgan fingerprint density at radius 2 is 1.46 bits per heavy atom. The molecule has 0 spiro atoms. The van der Waals surface area contributed by atoms with Gasteiger partial charge in [-0.05, 0) is 30.3 Å². The minimum Gasteiger partial charge on any atom is -0.497 e. The maximum Gasteiger partial charge on any atom is 0.278 e. The Morgan fingerprint density at radius 3 is 2.02 bits per heavy atom. The third kappa shape index (κ3) is 7.99. The van der Waals surface area contributed by atoms with Gasteiger partial charge in [0.2, 0.25) is 0 Å². The number of piperidine rings is 1. The number of amides is 1. The summed E-state index contributed by atoms with van der Waals surface area (Å²) >= 11 is 0. The number of benzene rings is 3. The zero-order chi connectivity index (χ0) is 38.6. The van der Waals surface area contributed by atoms with E-state index in [-0.39, 0.29) is 48.4 Å². The number of rotatable bonds is 13. The third-order valence-corrected chi connectivity index (χ3v) is 11.0. The van der Waals surface area contributed by atoms with Crippen LogP contribution in [-0.4, -0.2) is 81.0 Å². The van der Waals surface area contributed by atoms with Crippen molar-refractivity contribution in [2.45, 2.75) is 37.4 Å². The van der Waals surface area contributed by atoms with Gasteiger partial charge in [0.05, 0.1) is 39.5 Å². The molecule has 0 radical (unpaired) electrons. The summed E-state index contributed by atoms with van der Waals surface area (Å²) in [5.41, 5.74) is 2.04. The normalized spacial score (nSPS) is 15.6. The molecule has 1 amide bonds. The molecule has 1 aliphatic rings.